The van der Waals surface area contributed by atoms with E-state index in [2.05, 4.69) is 10.3 Å². The lowest BCUT2D eigenvalue weighted by atomic mass is 9.70. The molecule has 2 unspecified atom stereocenters. The van der Waals surface area contributed by atoms with Crippen LogP contribution < -0.4 is 5.32 Å². The monoisotopic (exact) mass is 258 g/mol. The van der Waals surface area contributed by atoms with Crippen LogP contribution in [-0.4, -0.2) is 16.7 Å². The molecule has 2 fully saturated rings. The molecule has 2 bridgehead atoms. The number of nitrogens with one attached hydrogen (secondary N) is 1. The maximum absolute atomic E-state index is 12.6. The standard InChI is InChI=1S/C15H18N2O2/c1-14(2)10-3-6-15(9-10,12(14)18)13(19)17-11-4-7-16-8-5-11/h4-5,7-8,10H,3,6,9H2,1-2H3,(H,16,17,19). The number of anilines is 1. The topological polar surface area (TPSA) is 59.1 Å². The first kappa shape index (κ1) is 12.3. The highest BCUT2D eigenvalue weighted by Crippen LogP contribution is 2.60. The highest BCUT2D eigenvalue weighted by molar-refractivity contribution is 6.15. The van der Waals surface area contributed by atoms with E-state index in [9.17, 15) is 9.59 Å². The molecule has 0 spiro atoms. The Kier molecular flexibility index (Phi) is 2.52. The van der Waals surface area contributed by atoms with Crippen molar-refractivity contribution < 1.29 is 9.59 Å². The molecule has 19 heavy (non-hydrogen) atoms. The zero-order valence-corrected chi connectivity index (χ0v) is 11.3. The fourth-order valence-electron chi connectivity index (χ4n) is 3.67. The molecule has 0 saturated heterocycles. The van der Waals surface area contributed by atoms with Crippen LogP contribution in [0.3, 0.4) is 0 Å². The smallest absolute Gasteiger partial charge is 0.238 e. The summed E-state index contributed by atoms with van der Waals surface area (Å²) >= 11 is 0. The second-order valence-electron chi connectivity index (χ2n) is 6.26. The van der Waals surface area contributed by atoms with Crippen molar-refractivity contribution in [2.75, 3.05) is 5.32 Å². The summed E-state index contributed by atoms with van der Waals surface area (Å²) in [6.45, 7) is 3.95. The van der Waals surface area contributed by atoms with Crippen molar-refractivity contribution in [3.63, 3.8) is 0 Å². The van der Waals surface area contributed by atoms with Gasteiger partial charge in [-0.25, -0.2) is 0 Å². The number of Topliss-reactive ketones (excluding diaryl/α,β-unsaturated/α-hetero) is 1. The highest BCUT2D eigenvalue weighted by Gasteiger charge is 2.64. The van der Waals surface area contributed by atoms with Crippen LogP contribution in [-0.2, 0) is 9.59 Å². The van der Waals surface area contributed by atoms with Gasteiger partial charge in [-0.15, -0.1) is 0 Å². The molecule has 0 aliphatic heterocycles. The zero-order valence-electron chi connectivity index (χ0n) is 11.3. The molecule has 1 heterocycles. The number of carbonyl (C=O) groups is 2. The van der Waals surface area contributed by atoms with Crippen molar-refractivity contribution in [1.82, 2.24) is 4.98 Å². The third-order valence-corrected chi connectivity index (χ3v) is 4.93. The van der Waals surface area contributed by atoms with Crippen LogP contribution in [0.25, 0.3) is 0 Å². The minimum absolute atomic E-state index is 0.114. The maximum Gasteiger partial charge on any atom is 0.238 e. The summed E-state index contributed by atoms with van der Waals surface area (Å²) < 4.78 is 0. The van der Waals surface area contributed by atoms with E-state index in [-0.39, 0.29) is 17.1 Å². The van der Waals surface area contributed by atoms with Gasteiger partial charge in [-0.1, -0.05) is 13.8 Å². The number of pyridine rings is 1. The van der Waals surface area contributed by atoms with E-state index in [1.54, 1.807) is 24.5 Å². The van der Waals surface area contributed by atoms with Gasteiger partial charge in [0.25, 0.3) is 0 Å². The molecule has 1 N–H and O–H groups in total. The molecule has 3 rings (SSSR count). The number of amides is 1. The molecule has 1 aromatic rings. The SMILES string of the molecule is CC1(C)C(=O)C2(C(=O)Nc3ccncc3)CCC1C2. The van der Waals surface area contributed by atoms with Crippen LogP contribution in [0.4, 0.5) is 5.69 Å². The van der Waals surface area contributed by atoms with Crippen LogP contribution in [0.15, 0.2) is 24.5 Å². The lowest BCUT2D eigenvalue weighted by Crippen LogP contribution is -2.44. The van der Waals surface area contributed by atoms with Gasteiger partial charge in [0.2, 0.25) is 5.91 Å². The van der Waals surface area contributed by atoms with Gasteiger partial charge in [-0.05, 0) is 37.3 Å². The van der Waals surface area contributed by atoms with Gasteiger partial charge in [0.1, 0.15) is 5.41 Å². The average Bonchev–Trinajstić information content (AvgIpc) is 2.91. The molecule has 1 amide bonds. The molecule has 2 atom stereocenters. The van der Waals surface area contributed by atoms with Crippen molar-refractivity contribution in [1.29, 1.82) is 0 Å². The number of aromatic nitrogens is 1. The number of rotatable bonds is 2. The fraction of sp³-hybridized carbons (Fsp3) is 0.533. The number of hydrogen-bond acceptors (Lipinski definition) is 3. The molecule has 100 valence electrons. The molecule has 2 aliphatic carbocycles. The van der Waals surface area contributed by atoms with E-state index in [1.807, 2.05) is 13.8 Å². The first-order valence-electron chi connectivity index (χ1n) is 6.73. The molecule has 0 radical (unpaired) electrons. The van der Waals surface area contributed by atoms with E-state index in [0.717, 1.165) is 6.42 Å². The number of nitrogens with zero attached hydrogens (tertiary/aromatic N) is 1. The van der Waals surface area contributed by atoms with Crippen LogP contribution >= 0.6 is 0 Å². The molecule has 4 nitrogen and oxygen atoms in total. The summed E-state index contributed by atoms with van der Waals surface area (Å²) in [5.41, 5.74) is -0.444. The Hall–Kier alpha value is -1.71. The van der Waals surface area contributed by atoms with Crippen molar-refractivity contribution in [3.05, 3.63) is 24.5 Å². The summed E-state index contributed by atoms with van der Waals surface area (Å²) in [6.07, 6.45) is 5.63. The predicted molar refractivity (Wildman–Crippen MR) is 71.4 cm³/mol. The van der Waals surface area contributed by atoms with Gasteiger partial charge in [-0.2, -0.15) is 0 Å². The minimum Gasteiger partial charge on any atom is -0.325 e. The molecule has 2 aliphatic rings. The molecule has 0 aromatic carbocycles. The normalized spacial score (nSPS) is 31.5. The predicted octanol–water partition coefficient (Wildman–Crippen LogP) is 2.42. The molecule has 4 heteroatoms. The van der Waals surface area contributed by atoms with Gasteiger partial charge in [0, 0.05) is 23.5 Å². The van der Waals surface area contributed by atoms with Crippen LogP contribution in [0.2, 0.25) is 0 Å². The Morgan fingerprint density at radius 3 is 2.63 bits per heavy atom. The van der Waals surface area contributed by atoms with Crippen LogP contribution in [0.1, 0.15) is 33.1 Å². The van der Waals surface area contributed by atoms with Gasteiger partial charge >= 0.3 is 0 Å². The summed E-state index contributed by atoms with van der Waals surface area (Å²) in [4.78, 5) is 29.0. The van der Waals surface area contributed by atoms with E-state index in [4.69, 9.17) is 0 Å². The molecule has 2 saturated carbocycles. The van der Waals surface area contributed by atoms with Crippen molar-refractivity contribution in [2.45, 2.75) is 33.1 Å². The Labute approximate surface area is 112 Å². The highest BCUT2D eigenvalue weighted by atomic mass is 16.2. The number of fused-ring (bicyclic) bond motifs is 2. The quantitative estimate of drug-likeness (QED) is 0.829. The van der Waals surface area contributed by atoms with E-state index >= 15 is 0 Å². The third kappa shape index (κ3) is 1.62. The van der Waals surface area contributed by atoms with Crippen LogP contribution in [0, 0.1) is 16.7 Å². The summed E-state index contributed by atoms with van der Waals surface area (Å²) in [5.74, 6) is 0.322. The van der Waals surface area contributed by atoms with E-state index in [0.29, 0.717) is 24.4 Å². The molecule has 1 aromatic heterocycles. The lowest BCUT2D eigenvalue weighted by molar-refractivity contribution is -0.142. The Morgan fingerprint density at radius 1 is 1.37 bits per heavy atom. The third-order valence-electron chi connectivity index (χ3n) is 4.93. The first-order chi connectivity index (χ1) is 8.97. The summed E-state index contributed by atoms with van der Waals surface area (Å²) in [6, 6.07) is 3.48. The summed E-state index contributed by atoms with van der Waals surface area (Å²) in [5, 5.41) is 2.87. The van der Waals surface area contributed by atoms with Crippen molar-refractivity contribution in [2.24, 2.45) is 16.7 Å². The van der Waals surface area contributed by atoms with E-state index < -0.39 is 5.41 Å². The van der Waals surface area contributed by atoms with Crippen LogP contribution in [0.5, 0.6) is 0 Å². The number of hydrogen-bond donors (Lipinski definition) is 1. The zero-order chi connectivity index (χ0) is 13.7. The molecular weight excluding hydrogens is 240 g/mol. The van der Waals surface area contributed by atoms with Gasteiger partial charge in [0.05, 0.1) is 0 Å². The van der Waals surface area contributed by atoms with Crippen molar-refractivity contribution in [3.8, 4) is 0 Å². The minimum atomic E-state index is -0.794. The Bertz CT molecular complexity index is 538. The lowest BCUT2D eigenvalue weighted by Gasteiger charge is -2.32. The van der Waals surface area contributed by atoms with Gasteiger partial charge in [-0.3, -0.25) is 14.6 Å². The summed E-state index contributed by atoms with van der Waals surface area (Å²) in [7, 11) is 0. The molecular formula is C15H18N2O2. The van der Waals surface area contributed by atoms with Crippen molar-refractivity contribution >= 4 is 17.4 Å². The Morgan fingerprint density at radius 2 is 2.05 bits per heavy atom. The Balaban J connectivity index is 1.86. The second kappa shape index (κ2) is 3.89. The maximum atomic E-state index is 12.6. The average molecular weight is 258 g/mol. The number of carbonyl (C=O) groups excluding carboxylic acids is 2. The van der Waals surface area contributed by atoms with Gasteiger partial charge in [0.15, 0.2) is 5.78 Å². The van der Waals surface area contributed by atoms with Gasteiger partial charge < -0.3 is 5.32 Å². The largest absolute Gasteiger partial charge is 0.325 e. The second-order valence-corrected chi connectivity index (χ2v) is 6.26. The first-order valence-corrected chi connectivity index (χ1v) is 6.73. The fourth-order valence-corrected chi connectivity index (χ4v) is 3.67. The number of ketones is 1. The van der Waals surface area contributed by atoms with E-state index in [1.165, 1.54) is 0 Å².